The highest BCUT2D eigenvalue weighted by molar-refractivity contribution is 5.83. The first-order valence-electron chi connectivity index (χ1n) is 7.82. The first-order chi connectivity index (χ1) is 11.1. The van der Waals surface area contributed by atoms with Crippen molar-refractivity contribution in [2.75, 3.05) is 26.1 Å². The molecular weight excluding hydrogens is 282 g/mol. The Kier molecular flexibility index (Phi) is 5.64. The van der Waals surface area contributed by atoms with Crippen LogP contribution in [0.25, 0.3) is 5.57 Å². The second-order valence-corrected chi connectivity index (χ2v) is 5.73. The number of benzene rings is 2. The Bertz CT molecular complexity index is 709. The van der Waals surface area contributed by atoms with Gasteiger partial charge in [0.25, 0.3) is 0 Å². The smallest absolute Gasteiger partial charge is 0.119 e. The number of aryl methyl sites for hydroxylation is 1. The highest BCUT2D eigenvalue weighted by atomic mass is 16.5. The van der Waals surface area contributed by atoms with E-state index in [1.807, 2.05) is 19.1 Å². The van der Waals surface area contributed by atoms with Gasteiger partial charge in [-0.2, -0.15) is 0 Å². The van der Waals surface area contributed by atoms with Gasteiger partial charge in [0.1, 0.15) is 5.75 Å². The molecule has 0 aliphatic rings. The van der Waals surface area contributed by atoms with E-state index in [0.29, 0.717) is 0 Å². The largest absolute Gasteiger partial charge is 0.497 e. The van der Waals surface area contributed by atoms with E-state index in [-0.39, 0.29) is 0 Å². The lowest BCUT2D eigenvalue weighted by Gasteiger charge is -2.15. The zero-order valence-corrected chi connectivity index (χ0v) is 14.6. The van der Waals surface area contributed by atoms with Gasteiger partial charge < -0.3 is 9.64 Å². The van der Waals surface area contributed by atoms with Crippen LogP contribution in [0.1, 0.15) is 23.6 Å². The van der Waals surface area contributed by atoms with Crippen molar-refractivity contribution in [1.82, 2.24) is 0 Å². The molecule has 0 amide bonds. The van der Waals surface area contributed by atoms with Crippen molar-refractivity contribution < 1.29 is 4.74 Å². The summed E-state index contributed by atoms with van der Waals surface area (Å²) in [4.78, 5) is 2.11. The maximum absolute atomic E-state index is 5.32. The molecule has 2 rings (SSSR count). The van der Waals surface area contributed by atoms with Gasteiger partial charge in [0.15, 0.2) is 0 Å². The predicted octanol–water partition coefficient (Wildman–Crippen LogP) is 5.08. The zero-order valence-electron chi connectivity index (χ0n) is 14.6. The minimum Gasteiger partial charge on any atom is -0.497 e. The molecule has 0 aliphatic carbocycles. The van der Waals surface area contributed by atoms with Crippen LogP contribution in [0.5, 0.6) is 5.75 Å². The lowest BCUT2D eigenvalue weighted by molar-refractivity contribution is 0.414. The fraction of sp³-hybridized carbons (Fsp3) is 0.238. The van der Waals surface area contributed by atoms with Crippen molar-refractivity contribution in [3.63, 3.8) is 0 Å². The fourth-order valence-electron chi connectivity index (χ4n) is 2.54. The number of anilines is 1. The normalized spacial score (nSPS) is 11.8. The number of hydrogen-bond acceptors (Lipinski definition) is 2. The zero-order chi connectivity index (χ0) is 16.8. The van der Waals surface area contributed by atoms with Gasteiger partial charge in [-0.25, -0.2) is 0 Å². The summed E-state index contributed by atoms with van der Waals surface area (Å²) in [6.07, 6.45) is 6.30. The van der Waals surface area contributed by atoms with Gasteiger partial charge in [-0.15, -0.1) is 0 Å². The fourth-order valence-corrected chi connectivity index (χ4v) is 2.54. The lowest BCUT2D eigenvalue weighted by atomic mass is 9.93. The van der Waals surface area contributed by atoms with E-state index >= 15 is 0 Å². The van der Waals surface area contributed by atoms with Gasteiger partial charge in [-0.1, -0.05) is 36.4 Å². The summed E-state index contributed by atoms with van der Waals surface area (Å²) in [6.45, 7) is 4.15. The Hall–Kier alpha value is -2.48. The van der Waals surface area contributed by atoms with E-state index in [4.69, 9.17) is 4.74 Å². The molecular formula is C21H25NO. The molecule has 23 heavy (non-hydrogen) atoms. The Morgan fingerprint density at radius 3 is 2.26 bits per heavy atom. The first-order valence-corrected chi connectivity index (χ1v) is 7.82. The van der Waals surface area contributed by atoms with Crippen LogP contribution in [0, 0.1) is 6.92 Å². The Labute approximate surface area is 139 Å². The van der Waals surface area contributed by atoms with E-state index in [1.165, 1.54) is 28.0 Å². The van der Waals surface area contributed by atoms with Crippen LogP contribution < -0.4 is 9.64 Å². The van der Waals surface area contributed by atoms with Gasteiger partial charge in [0.2, 0.25) is 0 Å². The molecule has 0 unspecified atom stereocenters. The molecule has 2 aromatic rings. The number of allylic oxidation sites excluding steroid dienone is 3. The molecule has 2 heteroatoms. The molecule has 0 saturated heterocycles. The molecule has 2 nitrogen and oxygen atoms in total. The summed E-state index contributed by atoms with van der Waals surface area (Å²) in [7, 11) is 5.81. The molecule has 0 saturated carbocycles. The van der Waals surface area contributed by atoms with Crippen molar-refractivity contribution in [1.29, 1.82) is 0 Å². The molecule has 0 spiro atoms. The average molecular weight is 307 g/mol. The third-order valence-electron chi connectivity index (χ3n) is 3.87. The van der Waals surface area contributed by atoms with Crippen LogP contribution in [-0.2, 0) is 0 Å². The van der Waals surface area contributed by atoms with Gasteiger partial charge in [0.05, 0.1) is 7.11 Å². The van der Waals surface area contributed by atoms with Crippen LogP contribution in [0.2, 0.25) is 0 Å². The minimum atomic E-state index is 0.889. The molecule has 0 bridgehead atoms. The summed E-state index contributed by atoms with van der Waals surface area (Å²) in [5.41, 5.74) is 6.06. The SMILES string of the molecule is C/C=C/C=C(\c1ccc(N(C)C)cc1)c1ccc(OC)cc1C. The van der Waals surface area contributed by atoms with E-state index in [1.54, 1.807) is 7.11 Å². The monoisotopic (exact) mass is 307 g/mol. The number of nitrogens with zero attached hydrogens (tertiary/aromatic N) is 1. The van der Waals surface area contributed by atoms with Crippen molar-refractivity contribution >= 4 is 11.3 Å². The Balaban J connectivity index is 2.49. The maximum Gasteiger partial charge on any atom is 0.119 e. The van der Waals surface area contributed by atoms with Crippen LogP contribution in [0.3, 0.4) is 0 Å². The topological polar surface area (TPSA) is 12.5 Å². The number of methoxy groups -OCH3 is 1. The highest BCUT2D eigenvalue weighted by Gasteiger charge is 2.09. The van der Waals surface area contributed by atoms with Crippen LogP contribution in [0.15, 0.2) is 60.7 Å². The standard InChI is InChI=1S/C21H25NO/c1-6-7-8-21(17-9-11-18(12-10-17)22(3)4)20-14-13-19(23-5)15-16(20)2/h6-15H,1-5H3/b7-6+,21-8+. The van der Waals surface area contributed by atoms with Crippen molar-refractivity contribution in [2.24, 2.45) is 0 Å². The van der Waals surface area contributed by atoms with Gasteiger partial charge in [0, 0.05) is 19.8 Å². The molecule has 0 radical (unpaired) electrons. The molecule has 0 aromatic heterocycles. The number of hydrogen-bond donors (Lipinski definition) is 0. The molecule has 0 atom stereocenters. The molecule has 120 valence electrons. The summed E-state index contributed by atoms with van der Waals surface area (Å²) in [6, 6.07) is 14.9. The molecule has 2 aromatic carbocycles. The number of ether oxygens (including phenoxy) is 1. The second kappa shape index (κ2) is 7.68. The quantitative estimate of drug-likeness (QED) is 0.714. The minimum absolute atomic E-state index is 0.889. The maximum atomic E-state index is 5.32. The lowest BCUT2D eigenvalue weighted by Crippen LogP contribution is -2.08. The summed E-state index contributed by atoms with van der Waals surface area (Å²) in [5.74, 6) is 0.889. The van der Waals surface area contributed by atoms with Crippen LogP contribution in [0.4, 0.5) is 5.69 Å². The third-order valence-corrected chi connectivity index (χ3v) is 3.87. The van der Waals surface area contributed by atoms with Crippen molar-refractivity contribution in [3.8, 4) is 5.75 Å². The van der Waals surface area contributed by atoms with E-state index in [9.17, 15) is 0 Å². The predicted molar refractivity (Wildman–Crippen MR) is 100 cm³/mol. The summed E-state index contributed by atoms with van der Waals surface area (Å²) >= 11 is 0. The number of rotatable bonds is 5. The van der Waals surface area contributed by atoms with E-state index in [0.717, 1.165) is 5.75 Å². The van der Waals surface area contributed by atoms with Crippen molar-refractivity contribution in [2.45, 2.75) is 13.8 Å². The third kappa shape index (κ3) is 4.04. The van der Waals surface area contributed by atoms with E-state index < -0.39 is 0 Å². The van der Waals surface area contributed by atoms with E-state index in [2.05, 4.69) is 74.5 Å². The Morgan fingerprint density at radius 2 is 1.74 bits per heavy atom. The molecule has 0 aliphatic heterocycles. The highest BCUT2D eigenvalue weighted by Crippen LogP contribution is 2.29. The summed E-state index contributed by atoms with van der Waals surface area (Å²) < 4.78 is 5.32. The average Bonchev–Trinajstić information content (AvgIpc) is 2.56. The molecule has 0 fully saturated rings. The van der Waals surface area contributed by atoms with Gasteiger partial charge >= 0.3 is 0 Å². The second-order valence-electron chi connectivity index (χ2n) is 5.73. The Morgan fingerprint density at radius 1 is 1.04 bits per heavy atom. The molecule has 0 heterocycles. The molecule has 0 N–H and O–H groups in total. The van der Waals surface area contributed by atoms with Crippen molar-refractivity contribution in [3.05, 3.63) is 77.4 Å². The van der Waals surface area contributed by atoms with Gasteiger partial charge in [-0.3, -0.25) is 0 Å². The van der Waals surface area contributed by atoms with Crippen LogP contribution >= 0.6 is 0 Å². The van der Waals surface area contributed by atoms with Crippen LogP contribution in [-0.4, -0.2) is 21.2 Å². The summed E-state index contributed by atoms with van der Waals surface area (Å²) in [5, 5.41) is 0. The van der Waals surface area contributed by atoms with Gasteiger partial charge in [-0.05, 0) is 60.4 Å². The first kappa shape index (κ1) is 16.9.